The van der Waals surface area contributed by atoms with Crippen LogP contribution in [0, 0.1) is 0 Å². The second-order valence-corrected chi connectivity index (χ2v) is 9.32. The number of ether oxygens (including phenoxy) is 1. The number of hydrogen-bond donors (Lipinski definition) is 0. The highest BCUT2D eigenvalue weighted by molar-refractivity contribution is 5.83. The van der Waals surface area contributed by atoms with Gasteiger partial charge in [0.2, 0.25) is 0 Å². The van der Waals surface area contributed by atoms with Crippen molar-refractivity contribution in [3.05, 3.63) is 168 Å². The third kappa shape index (κ3) is 4.43. The molecule has 1 heterocycles. The van der Waals surface area contributed by atoms with E-state index in [4.69, 9.17) is 4.74 Å². The Balaban J connectivity index is 1.58. The van der Waals surface area contributed by atoms with E-state index >= 15 is 0 Å². The first-order chi connectivity index (χ1) is 18.3. The minimum Gasteiger partial charge on any atom is -0.497 e. The predicted molar refractivity (Wildman–Crippen MR) is 153 cm³/mol. The number of anilines is 2. The lowest BCUT2D eigenvalue weighted by atomic mass is 9.85. The molecule has 0 saturated heterocycles. The van der Waals surface area contributed by atoms with Crippen LogP contribution >= 0.6 is 0 Å². The standard InChI is InChI=1S/C35H29NO/c1-37-30-23-21-29(22-24-30)36-34-20-12-11-19-31(34)33(35(36)28-17-9-4-10-18-28)25-32(26-13-5-2-6-14-26)27-15-7-3-8-16-27/h2-25,33,35H,1H3/t33-,35+/m0/s1. The maximum atomic E-state index is 5.46. The van der Waals surface area contributed by atoms with Gasteiger partial charge >= 0.3 is 0 Å². The first-order valence-electron chi connectivity index (χ1n) is 12.7. The zero-order valence-corrected chi connectivity index (χ0v) is 20.9. The van der Waals surface area contributed by atoms with Crippen molar-refractivity contribution in [3.63, 3.8) is 0 Å². The van der Waals surface area contributed by atoms with Crippen molar-refractivity contribution in [1.29, 1.82) is 0 Å². The van der Waals surface area contributed by atoms with Gasteiger partial charge in [0.15, 0.2) is 0 Å². The number of hydrogen-bond acceptors (Lipinski definition) is 2. The maximum absolute atomic E-state index is 5.46. The zero-order chi connectivity index (χ0) is 25.0. The summed E-state index contributed by atoms with van der Waals surface area (Å²) in [5.41, 5.74) is 8.70. The molecule has 0 amide bonds. The van der Waals surface area contributed by atoms with Gasteiger partial charge in [-0.1, -0.05) is 115 Å². The Kier molecular flexibility index (Phi) is 6.31. The van der Waals surface area contributed by atoms with Crippen LogP contribution in [-0.2, 0) is 0 Å². The molecule has 180 valence electrons. The quantitative estimate of drug-likeness (QED) is 0.241. The fourth-order valence-corrected chi connectivity index (χ4v) is 5.47. The van der Waals surface area contributed by atoms with Crippen molar-refractivity contribution < 1.29 is 4.74 Å². The molecule has 37 heavy (non-hydrogen) atoms. The molecule has 0 aromatic heterocycles. The van der Waals surface area contributed by atoms with Crippen LogP contribution in [0.5, 0.6) is 5.75 Å². The molecular weight excluding hydrogens is 450 g/mol. The molecule has 0 N–H and O–H groups in total. The highest BCUT2D eigenvalue weighted by Crippen LogP contribution is 2.54. The van der Waals surface area contributed by atoms with E-state index in [2.05, 4.69) is 138 Å². The Morgan fingerprint density at radius 1 is 0.622 bits per heavy atom. The second-order valence-electron chi connectivity index (χ2n) is 9.32. The van der Waals surface area contributed by atoms with E-state index in [1.54, 1.807) is 7.11 Å². The third-order valence-corrected chi connectivity index (χ3v) is 7.18. The van der Waals surface area contributed by atoms with Gasteiger partial charge in [0.05, 0.1) is 13.2 Å². The zero-order valence-electron chi connectivity index (χ0n) is 20.9. The van der Waals surface area contributed by atoms with Crippen molar-refractivity contribution in [1.82, 2.24) is 0 Å². The van der Waals surface area contributed by atoms with Gasteiger partial charge < -0.3 is 9.64 Å². The molecule has 0 saturated carbocycles. The molecule has 6 rings (SSSR count). The van der Waals surface area contributed by atoms with Crippen LogP contribution in [0.15, 0.2) is 146 Å². The number of nitrogens with zero attached hydrogens (tertiary/aromatic N) is 1. The van der Waals surface area contributed by atoms with Gasteiger partial charge in [-0.25, -0.2) is 0 Å². The SMILES string of the molecule is COc1ccc(N2c3ccccc3[C@H](C=C(c3ccccc3)c3ccccc3)[C@H]2c2ccccc2)cc1. The van der Waals surface area contributed by atoms with Gasteiger partial charge in [0.1, 0.15) is 5.75 Å². The van der Waals surface area contributed by atoms with Gasteiger partial charge in [0, 0.05) is 17.3 Å². The summed E-state index contributed by atoms with van der Waals surface area (Å²) in [7, 11) is 1.71. The smallest absolute Gasteiger partial charge is 0.119 e. The van der Waals surface area contributed by atoms with E-state index in [-0.39, 0.29) is 12.0 Å². The van der Waals surface area contributed by atoms with Crippen LogP contribution < -0.4 is 9.64 Å². The fraction of sp³-hybridized carbons (Fsp3) is 0.0857. The molecule has 0 aliphatic carbocycles. The molecule has 0 spiro atoms. The largest absolute Gasteiger partial charge is 0.497 e. The Bertz CT molecular complexity index is 1450. The van der Waals surface area contributed by atoms with Gasteiger partial charge in [-0.3, -0.25) is 0 Å². The van der Waals surface area contributed by atoms with Crippen molar-refractivity contribution >= 4 is 16.9 Å². The van der Waals surface area contributed by atoms with Crippen LogP contribution in [0.4, 0.5) is 11.4 Å². The first kappa shape index (κ1) is 22.9. The molecule has 2 atom stereocenters. The Morgan fingerprint density at radius 2 is 1.16 bits per heavy atom. The molecule has 5 aromatic rings. The van der Waals surface area contributed by atoms with E-state index < -0.39 is 0 Å². The number of benzene rings is 5. The van der Waals surface area contributed by atoms with Crippen molar-refractivity contribution in [2.75, 3.05) is 12.0 Å². The molecule has 2 heteroatoms. The minimum absolute atomic E-state index is 0.106. The van der Waals surface area contributed by atoms with E-state index in [9.17, 15) is 0 Å². The van der Waals surface area contributed by atoms with Gasteiger partial charge in [-0.15, -0.1) is 0 Å². The van der Waals surface area contributed by atoms with Crippen molar-refractivity contribution in [3.8, 4) is 5.75 Å². The van der Waals surface area contributed by atoms with Crippen LogP contribution in [0.25, 0.3) is 5.57 Å². The monoisotopic (exact) mass is 479 g/mol. The second kappa shape index (κ2) is 10.2. The Morgan fingerprint density at radius 3 is 1.76 bits per heavy atom. The fourth-order valence-electron chi connectivity index (χ4n) is 5.47. The highest BCUT2D eigenvalue weighted by Gasteiger charge is 2.39. The Hall–Kier alpha value is -4.56. The lowest BCUT2D eigenvalue weighted by molar-refractivity contribution is 0.415. The first-order valence-corrected chi connectivity index (χ1v) is 12.7. The molecule has 0 fully saturated rings. The lowest BCUT2D eigenvalue weighted by Gasteiger charge is -2.31. The van der Waals surface area contributed by atoms with E-state index in [1.165, 1.54) is 33.5 Å². The summed E-state index contributed by atoms with van der Waals surface area (Å²) in [6.07, 6.45) is 2.48. The lowest BCUT2D eigenvalue weighted by Crippen LogP contribution is -2.21. The number of methoxy groups -OCH3 is 1. The average Bonchev–Trinajstić information content (AvgIpc) is 3.31. The third-order valence-electron chi connectivity index (χ3n) is 7.18. The van der Waals surface area contributed by atoms with E-state index in [0.29, 0.717) is 0 Å². The van der Waals surface area contributed by atoms with Crippen molar-refractivity contribution in [2.45, 2.75) is 12.0 Å². The number of rotatable bonds is 6. The summed E-state index contributed by atoms with van der Waals surface area (Å²) in [6, 6.07) is 49.7. The molecule has 0 radical (unpaired) electrons. The number of para-hydroxylation sites is 1. The van der Waals surface area contributed by atoms with Crippen LogP contribution in [0.3, 0.4) is 0 Å². The summed E-state index contributed by atoms with van der Waals surface area (Å²) >= 11 is 0. The molecule has 1 aliphatic heterocycles. The Labute approximate surface area is 219 Å². The summed E-state index contributed by atoms with van der Waals surface area (Å²) in [5.74, 6) is 1.01. The van der Waals surface area contributed by atoms with Gasteiger partial charge in [-0.2, -0.15) is 0 Å². The van der Waals surface area contributed by atoms with Gasteiger partial charge in [-0.05, 0) is 58.2 Å². The molecule has 0 unspecified atom stereocenters. The predicted octanol–water partition coefficient (Wildman–Crippen LogP) is 8.80. The maximum Gasteiger partial charge on any atom is 0.119 e. The van der Waals surface area contributed by atoms with E-state index in [0.717, 1.165) is 11.4 Å². The molecule has 1 aliphatic rings. The van der Waals surface area contributed by atoms with Crippen LogP contribution in [0.2, 0.25) is 0 Å². The van der Waals surface area contributed by atoms with Crippen LogP contribution in [-0.4, -0.2) is 7.11 Å². The normalized spacial score (nSPS) is 16.2. The van der Waals surface area contributed by atoms with Gasteiger partial charge in [0.25, 0.3) is 0 Å². The highest BCUT2D eigenvalue weighted by atomic mass is 16.5. The summed E-state index contributed by atoms with van der Waals surface area (Å²) in [4.78, 5) is 2.48. The summed E-state index contributed by atoms with van der Waals surface area (Å²) in [5, 5.41) is 0. The molecule has 5 aromatic carbocycles. The molecule has 2 nitrogen and oxygen atoms in total. The van der Waals surface area contributed by atoms with E-state index in [1.807, 2.05) is 12.1 Å². The van der Waals surface area contributed by atoms with Crippen LogP contribution in [0.1, 0.15) is 34.2 Å². The topological polar surface area (TPSA) is 12.5 Å². The number of fused-ring (bicyclic) bond motifs is 1. The molecule has 0 bridgehead atoms. The minimum atomic E-state index is 0.106. The van der Waals surface area contributed by atoms with Crippen molar-refractivity contribution in [2.24, 2.45) is 0 Å². The summed E-state index contributed by atoms with van der Waals surface area (Å²) in [6.45, 7) is 0. The molecular formula is C35H29NO. The average molecular weight is 480 g/mol. The summed E-state index contributed by atoms with van der Waals surface area (Å²) < 4.78 is 5.46.